The predicted octanol–water partition coefficient (Wildman–Crippen LogP) is 9.70. The van der Waals surface area contributed by atoms with E-state index in [0.29, 0.717) is 16.8 Å². The number of rotatable bonds is 16. The van der Waals surface area contributed by atoms with Gasteiger partial charge in [-0.25, -0.2) is 44.5 Å². The summed E-state index contributed by atoms with van der Waals surface area (Å²) < 4.78 is 131. The molecule has 1 amide bonds. The molecule has 62 heavy (non-hydrogen) atoms. The zero-order valence-corrected chi connectivity index (χ0v) is 33.3. The third-order valence-corrected chi connectivity index (χ3v) is 11.0. The summed E-state index contributed by atoms with van der Waals surface area (Å²) in [6, 6.07) is 13.4. The van der Waals surface area contributed by atoms with E-state index in [9.17, 15) is 44.7 Å². The number of alkyl halides is 6. The van der Waals surface area contributed by atoms with Gasteiger partial charge in [0.1, 0.15) is 47.0 Å². The van der Waals surface area contributed by atoms with Crippen LogP contribution in [0.25, 0.3) is 27.7 Å². The van der Waals surface area contributed by atoms with Gasteiger partial charge < -0.3 is 15.4 Å². The largest absolute Gasteiger partial charge is 0.377 e. The Kier molecular flexibility index (Phi) is 13.2. The SMILES string of the molecule is N=C(NSC1CC1)c1c(Cl)ccc(-n2c(C(Cc3cc(F)cc(F)c3)NC(=O)Cn3nc(C(F)F)cc3C(F)F)nc3cc(-c4ccccc4F)ccc3c2=O)c1NCC(F)F. The van der Waals surface area contributed by atoms with Gasteiger partial charge in [-0.3, -0.25) is 24.2 Å². The maximum atomic E-state index is 15.0. The molecule has 1 saturated carbocycles. The van der Waals surface area contributed by atoms with Crippen LogP contribution in [0, 0.1) is 22.9 Å². The van der Waals surface area contributed by atoms with Crippen LogP contribution in [-0.4, -0.2) is 49.3 Å². The van der Waals surface area contributed by atoms with Gasteiger partial charge in [0.15, 0.2) is 0 Å². The normalized spacial score (nSPS) is 13.3. The summed E-state index contributed by atoms with van der Waals surface area (Å²) in [4.78, 5) is 33.5. The zero-order valence-electron chi connectivity index (χ0n) is 31.7. The molecule has 2 aromatic heterocycles. The fourth-order valence-electron chi connectivity index (χ4n) is 6.67. The molecule has 2 heterocycles. The van der Waals surface area contributed by atoms with Gasteiger partial charge in [0.05, 0.1) is 45.5 Å². The van der Waals surface area contributed by atoms with Crippen LogP contribution in [0.3, 0.4) is 0 Å². The second-order valence-corrected chi connectivity index (χ2v) is 15.6. The van der Waals surface area contributed by atoms with Crippen molar-refractivity contribution < 1.29 is 44.3 Å². The highest BCUT2D eigenvalue weighted by Gasteiger charge is 2.30. The van der Waals surface area contributed by atoms with E-state index in [1.165, 1.54) is 60.5 Å². The standard InChI is InChI=1S/C41H32ClF9N8O2S/c42-26-9-10-31(36(53-17-33(46)47)35(26)39(52)57-62-23-6-7-23)59-40(55-28-14-20(5-8-25(28)41(59)61)24-3-1-2-4-27(24)45)30(13-19-11-21(43)15-22(44)12-19)54-34(60)18-58-32(38(50)51)16-29(56-58)37(48)49/h1-5,8-12,14-16,23,30,33,37-38,53H,6-7,13,17-18H2,(H2,52,57)(H,54,60). The van der Waals surface area contributed by atoms with Gasteiger partial charge in [-0.2, -0.15) is 5.10 Å². The van der Waals surface area contributed by atoms with Crippen molar-refractivity contribution in [2.24, 2.45) is 0 Å². The van der Waals surface area contributed by atoms with E-state index < -0.39 is 91.0 Å². The smallest absolute Gasteiger partial charge is 0.282 e. The van der Waals surface area contributed by atoms with Crippen molar-refractivity contribution in [3.05, 3.63) is 140 Å². The van der Waals surface area contributed by atoms with E-state index >= 15 is 4.39 Å². The number of anilines is 1. The molecule has 1 aliphatic carbocycles. The van der Waals surface area contributed by atoms with E-state index in [2.05, 4.69) is 20.5 Å². The molecule has 0 saturated heterocycles. The highest BCUT2D eigenvalue weighted by atomic mass is 35.5. The van der Waals surface area contributed by atoms with E-state index in [-0.39, 0.29) is 60.6 Å². The molecule has 21 heteroatoms. The Morgan fingerprint density at radius 2 is 1.65 bits per heavy atom. The number of nitrogens with one attached hydrogen (secondary N) is 4. The molecule has 7 rings (SSSR count). The first-order chi connectivity index (χ1) is 29.6. The van der Waals surface area contributed by atoms with Crippen LogP contribution >= 0.6 is 23.5 Å². The van der Waals surface area contributed by atoms with E-state index in [1.807, 2.05) is 0 Å². The number of fused-ring (bicyclic) bond motifs is 1. The highest BCUT2D eigenvalue weighted by Crippen LogP contribution is 2.37. The summed E-state index contributed by atoms with van der Waals surface area (Å²) in [7, 11) is 0. The van der Waals surface area contributed by atoms with Crippen molar-refractivity contribution in [3.8, 4) is 16.8 Å². The molecule has 6 aromatic rings. The van der Waals surface area contributed by atoms with Crippen LogP contribution in [0.2, 0.25) is 5.02 Å². The monoisotopic (exact) mass is 906 g/mol. The van der Waals surface area contributed by atoms with Crippen molar-refractivity contribution in [2.45, 2.75) is 56.4 Å². The number of hydrogen-bond acceptors (Lipinski definition) is 7. The number of aromatic nitrogens is 4. The summed E-state index contributed by atoms with van der Waals surface area (Å²) in [5.74, 6) is -4.66. The van der Waals surface area contributed by atoms with Gasteiger partial charge >= 0.3 is 0 Å². The number of carbonyl (C=O) groups excluding carboxylic acids is 1. The molecule has 1 fully saturated rings. The molecular formula is C41H32ClF9N8O2S. The summed E-state index contributed by atoms with van der Waals surface area (Å²) in [6.45, 7) is -2.11. The molecule has 1 atom stereocenters. The molecule has 324 valence electrons. The second kappa shape index (κ2) is 18.5. The molecular weight excluding hydrogens is 875 g/mol. The predicted molar refractivity (Wildman–Crippen MR) is 216 cm³/mol. The molecule has 4 aromatic carbocycles. The molecule has 0 spiro atoms. The fourth-order valence-corrected chi connectivity index (χ4v) is 7.69. The minimum Gasteiger partial charge on any atom is -0.377 e. The number of amides is 1. The number of benzene rings is 4. The first-order valence-corrected chi connectivity index (χ1v) is 19.9. The Morgan fingerprint density at radius 1 is 0.919 bits per heavy atom. The molecule has 0 aliphatic heterocycles. The maximum absolute atomic E-state index is 15.0. The molecule has 1 aliphatic rings. The second-order valence-electron chi connectivity index (χ2n) is 14.1. The summed E-state index contributed by atoms with van der Waals surface area (Å²) in [5.41, 5.74) is -3.52. The van der Waals surface area contributed by atoms with E-state index in [0.717, 1.165) is 29.5 Å². The average Bonchev–Trinajstić information content (AvgIpc) is 3.95. The number of halogens is 10. The Morgan fingerprint density at radius 3 is 2.31 bits per heavy atom. The van der Waals surface area contributed by atoms with Crippen molar-refractivity contribution in [1.29, 1.82) is 5.41 Å². The number of carbonyl (C=O) groups is 1. The first-order valence-electron chi connectivity index (χ1n) is 18.6. The Hall–Kier alpha value is -6.02. The minimum atomic E-state index is -3.35. The van der Waals surface area contributed by atoms with Crippen LogP contribution in [0.5, 0.6) is 0 Å². The van der Waals surface area contributed by atoms with Crippen molar-refractivity contribution >= 4 is 51.9 Å². The lowest BCUT2D eigenvalue weighted by Gasteiger charge is -2.26. The van der Waals surface area contributed by atoms with Crippen LogP contribution in [-0.2, 0) is 17.8 Å². The van der Waals surface area contributed by atoms with Crippen LogP contribution in [0.15, 0.2) is 83.7 Å². The third-order valence-electron chi connectivity index (χ3n) is 9.57. The van der Waals surface area contributed by atoms with Gasteiger partial charge in [-0.05, 0) is 84.4 Å². The minimum absolute atomic E-state index is 0.102. The van der Waals surface area contributed by atoms with Gasteiger partial charge in [-0.15, -0.1) is 0 Å². The Labute approximate surface area is 355 Å². The van der Waals surface area contributed by atoms with Crippen LogP contribution in [0.4, 0.5) is 45.2 Å². The molecule has 1 unspecified atom stereocenters. The summed E-state index contributed by atoms with van der Waals surface area (Å²) in [6.07, 6.45) is -8.46. The quantitative estimate of drug-likeness (QED) is 0.0330. The summed E-state index contributed by atoms with van der Waals surface area (Å²) >= 11 is 7.80. The number of amidine groups is 1. The Balaban J connectivity index is 1.47. The molecule has 10 nitrogen and oxygen atoms in total. The van der Waals surface area contributed by atoms with Crippen LogP contribution in [0.1, 0.15) is 60.1 Å². The Bertz CT molecular complexity index is 2710. The molecule has 0 radical (unpaired) electrons. The average molecular weight is 907 g/mol. The van der Waals surface area contributed by atoms with Crippen LogP contribution < -0.4 is 20.9 Å². The lowest BCUT2D eigenvalue weighted by Crippen LogP contribution is -2.38. The highest BCUT2D eigenvalue weighted by molar-refractivity contribution is 7.98. The third kappa shape index (κ3) is 9.86. The van der Waals surface area contributed by atoms with Gasteiger partial charge in [-0.1, -0.05) is 35.9 Å². The molecule has 0 bridgehead atoms. The number of hydrogen-bond donors (Lipinski definition) is 4. The van der Waals surface area contributed by atoms with Crippen molar-refractivity contribution in [3.63, 3.8) is 0 Å². The van der Waals surface area contributed by atoms with Crippen molar-refractivity contribution in [1.82, 2.24) is 29.4 Å². The molecule has 4 N–H and O–H groups in total. The summed E-state index contributed by atoms with van der Waals surface area (Å²) in [5, 5.41) is 17.3. The lowest BCUT2D eigenvalue weighted by atomic mass is 10.0. The van der Waals surface area contributed by atoms with Gasteiger partial charge in [0, 0.05) is 23.3 Å². The van der Waals surface area contributed by atoms with Gasteiger partial charge in [0.2, 0.25) is 5.91 Å². The van der Waals surface area contributed by atoms with Crippen molar-refractivity contribution in [2.75, 3.05) is 11.9 Å². The fraction of sp³-hybridized carbons (Fsp3) is 0.244. The topological polar surface area (TPSA) is 130 Å². The number of nitrogens with zero attached hydrogens (tertiary/aromatic N) is 4. The first kappa shape index (κ1) is 44.0. The van der Waals surface area contributed by atoms with E-state index in [1.54, 1.807) is 6.07 Å². The maximum Gasteiger partial charge on any atom is 0.282 e. The van der Waals surface area contributed by atoms with E-state index in [4.69, 9.17) is 22.0 Å². The zero-order chi connectivity index (χ0) is 44.4. The lowest BCUT2D eigenvalue weighted by molar-refractivity contribution is -0.122. The van der Waals surface area contributed by atoms with Gasteiger partial charge in [0.25, 0.3) is 24.8 Å².